The van der Waals surface area contributed by atoms with E-state index in [2.05, 4.69) is 27.5 Å². The predicted molar refractivity (Wildman–Crippen MR) is 118 cm³/mol. The van der Waals surface area contributed by atoms with Crippen LogP contribution in [0.15, 0.2) is 18.2 Å². The van der Waals surface area contributed by atoms with Crippen LogP contribution in [-0.2, 0) is 20.7 Å². The lowest BCUT2D eigenvalue weighted by atomic mass is 9.97. The van der Waals surface area contributed by atoms with Crippen LogP contribution >= 0.6 is 0 Å². The van der Waals surface area contributed by atoms with E-state index >= 15 is 0 Å². The number of nitrogens with zero attached hydrogens (tertiary/aromatic N) is 2. The zero-order chi connectivity index (χ0) is 22.4. The van der Waals surface area contributed by atoms with Crippen molar-refractivity contribution in [3.8, 4) is 12.3 Å². The molecule has 3 rings (SSSR count). The largest absolute Gasteiger partial charge is 0.463 e. The van der Waals surface area contributed by atoms with Gasteiger partial charge in [-0.3, -0.25) is 14.4 Å². The number of amides is 2. The second-order valence-electron chi connectivity index (χ2n) is 8.08. The van der Waals surface area contributed by atoms with Gasteiger partial charge in [-0.05, 0) is 38.0 Å². The van der Waals surface area contributed by atoms with E-state index in [0.29, 0.717) is 18.5 Å². The summed E-state index contributed by atoms with van der Waals surface area (Å²) in [5.74, 6) is 1.37. The zero-order valence-electron chi connectivity index (χ0n) is 18.1. The maximum atomic E-state index is 13.0. The van der Waals surface area contributed by atoms with Crippen molar-refractivity contribution < 1.29 is 19.1 Å². The van der Waals surface area contributed by atoms with E-state index in [9.17, 15) is 14.4 Å². The highest BCUT2D eigenvalue weighted by Crippen LogP contribution is 2.25. The van der Waals surface area contributed by atoms with E-state index in [1.165, 1.54) is 4.90 Å². The fraction of sp³-hybridized carbons (Fsp3) is 0.522. The summed E-state index contributed by atoms with van der Waals surface area (Å²) in [6, 6.07) is 5.23. The third kappa shape index (κ3) is 5.98. The minimum Gasteiger partial charge on any atom is -0.463 e. The van der Waals surface area contributed by atoms with Gasteiger partial charge in [0, 0.05) is 44.0 Å². The van der Waals surface area contributed by atoms with Gasteiger partial charge in [0.15, 0.2) is 0 Å². The van der Waals surface area contributed by atoms with Crippen LogP contribution in [0.5, 0.6) is 0 Å². The molecular weight excluding hydrogens is 396 g/mol. The van der Waals surface area contributed by atoms with E-state index in [1.807, 2.05) is 12.1 Å². The summed E-state index contributed by atoms with van der Waals surface area (Å²) in [5.41, 5.74) is 2.67. The topological polar surface area (TPSA) is 91.0 Å². The lowest BCUT2D eigenvalue weighted by molar-refractivity contribution is -0.147. The molecule has 1 aromatic carbocycles. The second-order valence-corrected chi connectivity index (χ2v) is 8.08. The van der Waals surface area contributed by atoms with Gasteiger partial charge in [0.1, 0.15) is 6.04 Å². The van der Waals surface area contributed by atoms with E-state index in [0.717, 1.165) is 37.4 Å². The van der Waals surface area contributed by atoms with E-state index in [4.69, 9.17) is 11.2 Å². The summed E-state index contributed by atoms with van der Waals surface area (Å²) in [6.45, 7) is 7.47. The number of nitrogens with one attached hydrogen (secondary N) is 2. The van der Waals surface area contributed by atoms with Gasteiger partial charge in [-0.2, -0.15) is 0 Å². The molecular formula is C23H30N4O4. The number of esters is 1. The van der Waals surface area contributed by atoms with Crippen molar-refractivity contribution in [2.45, 2.75) is 38.8 Å². The summed E-state index contributed by atoms with van der Waals surface area (Å²) >= 11 is 0. The Morgan fingerprint density at radius 1 is 1.26 bits per heavy atom. The first-order valence-electron chi connectivity index (χ1n) is 10.7. The number of hydrogen-bond acceptors (Lipinski definition) is 6. The molecule has 8 heteroatoms. The van der Waals surface area contributed by atoms with Gasteiger partial charge in [-0.25, -0.2) is 0 Å². The van der Waals surface area contributed by atoms with Crippen molar-refractivity contribution in [2.75, 3.05) is 44.2 Å². The number of terminal acetylenes is 1. The van der Waals surface area contributed by atoms with Crippen molar-refractivity contribution in [2.24, 2.45) is 0 Å². The summed E-state index contributed by atoms with van der Waals surface area (Å²) in [4.78, 5) is 41.1. The molecule has 2 N–H and O–H groups in total. The standard InChI is InChI=1S/C23H30N4O4/c1-4-18(13-22(29)31-16(2)3)25-21(28)15-27-10-7-17-5-6-19(14-20(17)23(27)30)26-11-8-24-9-12-26/h1,5-6,14,16,18,24H,7-13,15H2,2-3H3,(H,25,28). The number of fused-ring (bicyclic) bond motifs is 1. The molecule has 0 radical (unpaired) electrons. The minimum atomic E-state index is -0.773. The van der Waals surface area contributed by atoms with Crippen molar-refractivity contribution in [3.63, 3.8) is 0 Å². The van der Waals surface area contributed by atoms with Gasteiger partial charge < -0.3 is 25.2 Å². The number of anilines is 1. The van der Waals surface area contributed by atoms with Crippen LogP contribution in [0.2, 0.25) is 0 Å². The van der Waals surface area contributed by atoms with Gasteiger partial charge >= 0.3 is 5.97 Å². The molecule has 1 aromatic rings. The molecule has 2 heterocycles. The summed E-state index contributed by atoms with van der Waals surface area (Å²) < 4.78 is 5.07. The van der Waals surface area contributed by atoms with E-state index < -0.39 is 17.9 Å². The molecule has 166 valence electrons. The molecule has 2 amide bonds. The normalized spacial score (nSPS) is 17.0. The van der Waals surface area contributed by atoms with Crippen LogP contribution in [0.1, 0.15) is 36.2 Å². The average Bonchev–Trinajstić information content (AvgIpc) is 2.75. The van der Waals surface area contributed by atoms with Crippen LogP contribution in [0.3, 0.4) is 0 Å². The number of benzene rings is 1. The SMILES string of the molecule is C#CC(CC(=O)OC(C)C)NC(=O)CN1CCc2ccc(N3CCNCC3)cc2C1=O. The molecule has 0 aromatic heterocycles. The molecule has 1 fully saturated rings. The Balaban J connectivity index is 1.61. The van der Waals surface area contributed by atoms with Crippen LogP contribution in [0.4, 0.5) is 5.69 Å². The summed E-state index contributed by atoms with van der Waals surface area (Å²) in [7, 11) is 0. The quantitative estimate of drug-likeness (QED) is 0.489. The monoisotopic (exact) mass is 426 g/mol. The van der Waals surface area contributed by atoms with E-state index in [-0.39, 0.29) is 25.0 Å². The molecule has 8 nitrogen and oxygen atoms in total. The molecule has 0 saturated carbocycles. The second kappa shape index (κ2) is 10.3. The van der Waals surface area contributed by atoms with Gasteiger partial charge in [0.05, 0.1) is 19.1 Å². The number of piperazine rings is 1. The fourth-order valence-corrected chi connectivity index (χ4v) is 3.82. The molecule has 0 spiro atoms. The van der Waals surface area contributed by atoms with Gasteiger partial charge in [0.2, 0.25) is 5.91 Å². The Labute approximate surface area is 183 Å². The van der Waals surface area contributed by atoms with Crippen LogP contribution in [0, 0.1) is 12.3 Å². The van der Waals surface area contributed by atoms with Crippen molar-refractivity contribution >= 4 is 23.5 Å². The fourth-order valence-electron chi connectivity index (χ4n) is 3.82. The van der Waals surface area contributed by atoms with Crippen LogP contribution in [0.25, 0.3) is 0 Å². The number of carbonyl (C=O) groups excluding carboxylic acids is 3. The minimum absolute atomic E-state index is 0.104. The number of ether oxygens (including phenoxy) is 1. The number of carbonyl (C=O) groups is 3. The van der Waals surface area contributed by atoms with Gasteiger partial charge in [0.25, 0.3) is 5.91 Å². The number of rotatable bonds is 7. The first-order valence-corrected chi connectivity index (χ1v) is 10.7. The van der Waals surface area contributed by atoms with Crippen LogP contribution in [-0.4, -0.2) is 74.1 Å². The molecule has 2 aliphatic rings. The molecule has 0 bridgehead atoms. The molecule has 0 aliphatic carbocycles. The first-order chi connectivity index (χ1) is 14.9. The van der Waals surface area contributed by atoms with Crippen LogP contribution < -0.4 is 15.5 Å². The zero-order valence-corrected chi connectivity index (χ0v) is 18.1. The highest BCUT2D eigenvalue weighted by atomic mass is 16.5. The third-order valence-electron chi connectivity index (χ3n) is 5.35. The molecule has 1 atom stereocenters. The maximum absolute atomic E-state index is 13.0. The average molecular weight is 427 g/mol. The first kappa shape index (κ1) is 22.6. The summed E-state index contributed by atoms with van der Waals surface area (Å²) in [5, 5.41) is 5.96. The lowest BCUT2D eigenvalue weighted by Crippen LogP contribution is -2.47. The molecule has 31 heavy (non-hydrogen) atoms. The van der Waals surface area contributed by atoms with Crippen molar-refractivity contribution in [3.05, 3.63) is 29.3 Å². The lowest BCUT2D eigenvalue weighted by Gasteiger charge is -2.32. The van der Waals surface area contributed by atoms with Crippen molar-refractivity contribution in [1.82, 2.24) is 15.5 Å². The predicted octanol–water partition coefficient (Wildman–Crippen LogP) is 0.554. The maximum Gasteiger partial charge on any atom is 0.309 e. The Morgan fingerprint density at radius 3 is 2.68 bits per heavy atom. The third-order valence-corrected chi connectivity index (χ3v) is 5.35. The molecule has 1 unspecified atom stereocenters. The summed E-state index contributed by atoms with van der Waals surface area (Å²) in [6.07, 6.45) is 5.78. The molecule has 1 saturated heterocycles. The Bertz CT molecular complexity index is 871. The highest BCUT2D eigenvalue weighted by molar-refractivity contribution is 5.99. The Hall–Kier alpha value is -3.05. The Morgan fingerprint density at radius 2 is 2.00 bits per heavy atom. The molecule has 2 aliphatic heterocycles. The highest BCUT2D eigenvalue weighted by Gasteiger charge is 2.27. The van der Waals surface area contributed by atoms with Crippen molar-refractivity contribution in [1.29, 1.82) is 0 Å². The number of hydrogen-bond donors (Lipinski definition) is 2. The smallest absolute Gasteiger partial charge is 0.309 e. The Kier molecular flexibility index (Phi) is 7.53. The van der Waals surface area contributed by atoms with E-state index in [1.54, 1.807) is 13.8 Å². The van der Waals surface area contributed by atoms with Gasteiger partial charge in [-0.1, -0.05) is 12.0 Å². The van der Waals surface area contributed by atoms with Gasteiger partial charge in [-0.15, -0.1) is 6.42 Å².